The first-order chi connectivity index (χ1) is 18.3. The molecule has 0 radical (unpaired) electrons. The molecule has 0 heterocycles. The third-order valence-corrected chi connectivity index (χ3v) is 12.1. The standard InChI is InChI=1S/C30H43O7PSi/c1-19-14-21(3)26(22(4)15-19)29(32)38(30(33)27-23(5)16-20(2)17-24(27)6)18-25(7)28(31)37-12-11-13-39(34-8,35-9)36-10/h14-17,25H,11-13,18H2,1-10H3. The average Bonchev–Trinajstić information content (AvgIpc) is 2.86. The van der Waals surface area contributed by atoms with Crippen LogP contribution in [0.5, 0.6) is 0 Å². The molecule has 1 atom stereocenters. The summed E-state index contributed by atoms with van der Waals surface area (Å²) in [6, 6.07) is 8.34. The van der Waals surface area contributed by atoms with Crippen molar-refractivity contribution in [1.29, 1.82) is 0 Å². The first kappa shape index (κ1) is 33.0. The Kier molecular flexibility index (Phi) is 12.2. The second-order valence-electron chi connectivity index (χ2n) is 10.2. The van der Waals surface area contributed by atoms with Gasteiger partial charge >= 0.3 is 14.8 Å². The number of carbonyl (C=O) groups excluding carboxylic acids is 3. The number of benzene rings is 2. The van der Waals surface area contributed by atoms with Crippen LogP contribution in [0.15, 0.2) is 24.3 Å². The third kappa shape index (κ3) is 8.15. The highest BCUT2D eigenvalue weighted by Crippen LogP contribution is 2.47. The molecule has 39 heavy (non-hydrogen) atoms. The van der Waals surface area contributed by atoms with Crippen LogP contribution in [-0.2, 0) is 22.8 Å². The maximum Gasteiger partial charge on any atom is 0.500 e. The van der Waals surface area contributed by atoms with Crippen molar-refractivity contribution in [3.05, 3.63) is 68.8 Å². The first-order valence-electron chi connectivity index (χ1n) is 13.1. The number of hydrogen-bond donors (Lipinski definition) is 0. The molecule has 0 aliphatic rings. The summed E-state index contributed by atoms with van der Waals surface area (Å²) in [5.41, 5.74) is 6.23. The Labute approximate surface area is 235 Å². The maximum atomic E-state index is 14.0. The van der Waals surface area contributed by atoms with Gasteiger partial charge in [0.05, 0.1) is 12.5 Å². The summed E-state index contributed by atoms with van der Waals surface area (Å²) in [5, 5.41) is 0. The fourth-order valence-electron chi connectivity index (χ4n) is 5.07. The lowest BCUT2D eigenvalue weighted by Crippen LogP contribution is -2.42. The molecule has 0 saturated heterocycles. The van der Waals surface area contributed by atoms with Crippen LogP contribution in [-0.4, -0.2) is 59.9 Å². The minimum atomic E-state index is -2.75. The van der Waals surface area contributed by atoms with E-state index < -0.39 is 28.6 Å². The van der Waals surface area contributed by atoms with Gasteiger partial charge in [0.2, 0.25) is 0 Å². The van der Waals surface area contributed by atoms with Crippen molar-refractivity contribution >= 4 is 33.7 Å². The topological polar surface area (TPSA) is 88.1 Å². The number of rotatable bonds is 14. The van der Waals surface area contributed by atoms with Gasteiger partial charge in [-0.25, -0.2) is 0 Å². The van der Waals surface area contributed by atoms with Crippen molar-refractivity contribution in [3.63, 3.8) is 0 Å². The summed E-state index contributed by atoms with van der Waals surface area (Å²) >= 11 is 0. The highest BCUT2D eigenvalue weighted by molar-refractivity contribution is 7.90. The molecule has 0 fully saturated rings. The van der Waals surface area contributed by atoms with E-state index in [-0.39, 0.29) is 23.8 Å². The summed E-state index contributed by atoms with van der Waals surface area (Å²) in [4.78, 5) is 41.1. The maximum absolute atomic E-state index is 14.0. The van der Waals surface area contributed by atoms with Crippen LogP contribution >= 0.6 is 7.92 Å². The molecule has 0 aliphatic heterocycles. The number of hydrogen-bond acceptors (Lipinski definition) is 7. The van der Waals surface area contributed by atoms with Gasteiger partial charge < -0.3 is 18.0 Å². The van der Waals surface area contributed by atoms with E-state index in [9.17, 15) is 14.4 Å². The van der Waals surface area contributed by atoms with Crippen LogP contribution in [0.25, 0.3) is 0 Å². The van der Waals surface area contributed by atoms with Crippen molar-refractivity contribution in [1.82, 2.24) is 0 Å². The molecule has 2 aromatic rings. The van der Waals surface area contributed by atoms with Gasteiger partial charge in [-0.3, -0.25) is 14.4 Å². The third-order valence-electron chi connectivity index (χ3n) is 6.94. The van der Waals surface area contributed by atoms with E-state index in [0.717, 1.165) is 33.4 Å². The van der Waals surface area contributed by atoms with Crippen LogP contribution in [0.4, 0.5) is 0 Å². The molecule has 0 bridgehead atoms. The van der Waals surface area contributed by atoms with Crippen LogP contribution in [0.2, 0.25) is 6.04 Å². The lowest BCUT2D eigenvalue weighted by atomic mass is 10.0. The number of esters is 1. The smallest absolute Gasteiger partial charge is 0.465 e. The largest absolute Gasteiger partial charge is 0.500 e. The van der Waals surface area contributed by atoms with Gasteiger partial charge in [-0.15, -0.1) is 0 Å². The van der Waals surface area contributed by atoms with Crippen LogP contribution in [0.3, 0.4) is 0 Å². The van der Waals surface area contributed by atoms with Crippen LogP contribution < -0.4 is 0 Å². The molecule has 0 amide bonds. The number of carbonyl (C=O) groups is 3. The van der Waals surface area contributed by atoms with Gasteiger partial charge in [0.25, 0.3) is 0 Å². The number of aryl methyl sites for hydroxylation is 6. The van der Waals surface area contributed by atoms with E-state index in [0.29, 0.717) is 23.6 Å². The lowest BCUT2D eigenvalue weighted by Gasteiger charge is -2.24. The molecule has 9 heteroatoms. The van der Waals surface area contributed by atoms with E-state index in [2.05, 4.69) is 0 Å². The van der Waals surface area contributed by atoms with Gasteiger partial charge in [-0.05, 0) is 76.4 Å². The second-order valence-corrected chi connectivity index (χ2v) is 15.4. The van der Waals surface area contributed by atoms with E-state index in [1.165, 1.54) is 0 Å². The Bertz CT molecular complexity index is 1080. The molecular weight excluding hydrogens is 531 g/mol. The fraction of sp³-hybridized carbons (Fsp3) is 0.500. The van der Waals surface area contributed by atoms with E-state index in [1.807, 2.05) is 65.8 Å². The molecule has 2 rings (SSSR count). The molecule has 2 aromatic carbocycles. The Morgan fingerprint density at radius 2 is 1.13 bits per heavy atom. The Balaban J connectivity index is 2.32. The van der Waals surface area contributed by atoms with E-state index >= 15 is 0 Å². The zero-order valence-electron chi connectivity index (χ0n) is 25.0. The SMILES string of the molecule is CO[Si](CCCOC(=O)C(C)CP(C(=O)c1c(C)cc(C)cc1C)C(=O)c1c(C)cc(C)cc1C)(OC)OC. The predicted octanol–water partition coefficient (Wildman–Crippen LogP) is 6.45. The fourth-order valence-corrected chi connectivity index (χ4v) is 9.22. The molecule has 0 spiro atoms. The summed E-state index contributed by atoms with van der Waals surface area (Å²) in [7, 11) is -0.00250. The summed E-state index contributed by atoms with van der Waals surface area (Å²) in [6.07, 6.45) is 0.634. The van der Waals surface area contributed by atoms with Gasteiger partial charge in [-0.2, -0.15) is 0 Å². The Morgan fingerprint density at radius 3 is 1.49 bits per heavy atom. The van der Waals surface area contributed by atoms with Crippen molar-refractivity contribution in [3.8, 4) is 0 Å². The minimum absolute atomic E-state index is 0.123. The molecule has 0 aromatic heterocycles. The minimum Gasteiger partial charge on any atom is -0.465 e. The van der Waals surface area contributed by atoms with Crippen molar-refractivity contribution in [2.24, 2.45) is 5.92 Å². The second kappa shape index (κ2) is 14.4. The molecule has 0 saturated carbocycles. The molecule has 0 aliphatic carbocycles. The van der Waals surface area contributed by atoms with Gasteiger partial charge in [0, 0.05) is 46.4 Å². The average molecular weight is 575 g/mol. The molecular formula is C30H43O7PSi. The molecule has 0 N–H and O–H groups in total. The van der Waals surface area contributed by atoms with Crippen molar-refractivity contribution in [2.45, 2.75) is 60.9 Å². The Morgan fingerprint density at radius 1 is 0.744 bits per heavy atom. The lowest BCUT2D eigenvalue weighted by molar-refractivity contribution is -0.147. The summed E-state index contributed by atoms with van der Waals surface area (Å²) in [6.45, 7) is 13.4. The number of ether oxygens (including phenoxy) is 1. The molecule has 214 valence electrons. The van der Waals surface area contributed by atoms with Gasteiger partial charge in [-0.1, -0.05) is 42.3 Å². The van der Waals surface area contributed by atoms with Crippen molar-refractivity contribution < 1.29 is 32.4 Å². The zero-order chi connectivity index (χ0) is 29.5. The highest BCUT2D eigenvalue weighted by atomic mass is 31.1. The Hall–Kier alpha value is -2.22. The van der Waals surface area contributed by atoms with Crippen LogP contribution in [0.1, 0.15) is 67.4 Å². The van der Waals surface area contributed by atoms with E-state index in [1.54, 1.807) is 28.3 Å². The molecule has 7 nitrogen and oxygen atoms in total. The molecule has 1 unspecified atom stereocenters. The van der Waals surface area contributed by atoms with Crippen LogP contribution in [0, 0.1) is 47.5 Å². The quantitative estimate of drug-likeness (QED) is 0.111. The summed E-state index contributed by atoms with van der Waals surface area (Å²) in [5.74, 6) is -1.06. The van der Waals surface area contributed by atoms with Gasteiger partial charge in [0.1, 0.15) is 0 Å². The predicted molar refractivity (Wildman–Crippen MR) is 158 cm³/mol. The first-order valence-corrected chi connectivity index (χ1v) is 16.6. The van der Waals surface area contributed by atoms with Gasteiger partial charge in [0.15, 0.2) is 11.0 Å². The van der Waals surface area contributed by atoms with Crippen molar-refractivity contribution in [2.75, 3.05) is 34.1 Å². The van der Waals surface area contributed by atoms with E-state index in [4.69, 9.17) is 18.0 Å². The monoisotopic (exact) mass is 574 g/mol. The normalized spacial score (nSPS) is 12.5. The zero-order valence-corrected chi connectivity index (χ0v) is 26.9. The highest BCUT2D eigenvalue weighted by Gasteiger charge is 2.38. The summed E-state index contributed by atoms with van der Waals surface area (Å²) < 4.78 is 21.8.